The topological polar surface area (TPSA) is 152 Å². The van der Waals surface area contributed by atoms with Crippen LogP contribution in [0.15, 0.2) is 36.4 Å². The highest BCUT2D eigenvalue weighted by Crippen LogP contribution is 2.26. The molecule has 0 aliphatic carbocycles. The number of ketones is 1. The summed E-state index contributed by atoms with van der Waals surface area (Å²) in [5, 5.41) is 9.18. The molecule has 4 N–H and O–H groups in total. The van der Waals surface area contributed by atoms with Gasteiger partial charge in [-0.3, -0.25) is 24.2 Å². The number of benzene rings is 1. The molecule has 1 aromatic carbocycles. The Labute approximate surface area is 245 Å². The average Bonchev–Trinajstić information content (AvgIpc) is 3.56. The van der Waals surface area contributed by atoms with Gasteiger partial charge in [0.25, 0.3) is 5.91 Å². The predicted molar refractivity (Wildman–Crippen MR) is 157 cm³/mol. The zero-order chi connectivity index (χ0) is 30.4. The van der Waals surface area contributed by atoms with Crippen molar-refractivity contribution in [2.24, 2.45) is 11.8 Å². The Kier molecular flexibility index (Phi) is 9.82. The van der Waals surface area contributed by atoms with E-state index in [0.29, 0.717) is 30.9 Å². The largest absolute Gasteiger partial charge is 0.496 e. The fourth-order valence-electron chi connectivity index (χ4n) is 5.20. The molecule has 3 atom stereocenters. The van der Waals surface area contributed by atoms with Gasteiger partial charge < -0.3 is 30.4 Å². The standard InChI is InChI=1S/C31H39N5O6/c1-17(2)11-25(36-31(40)26-15-22-23(34-26)7-6-8-28(22)41-5)30(39)35-24(14-20-9-10-32-29(20)38)27(37)16-42-21-12-18(3)33-19(4)13-21/h6-8,12-13,15,17,20,24-25,34H,9-11,14,16H2,1-5H3,(H,32,38)(H,35,39)(H,36,40)/t20-,24?,25?/m0/s1. The highest BCUT2D eigenvalue weighted by Gasteiger charge is 2.33. The minimum atomic E-state index is -0.973. The first-order chi connectivity index (χ1) is 20.0. The number of aryl methyl sites for hydroxylation is 2. The number of hydrogen-bond acceptors (Lipinski definition) is 7. The van der Waals surface area contributed by atoms with Gasteiger partial charge in [-0.2, -0.15) is 0 Å². The zero-order valence-corrected chi connectivity index (χ0v) is 24.7. The average molecular weight is 578 g/mol. The van der Waals surface area contributed by atoms with E-state index in [1.54, 1.807) is 31.4 Å². The second-order valence-electron chi connectivity index (χ2n) is 11.2. The minimum Gasteiger partial charge on any atom is -0.496 e. The molecule has 2 aromatic heterocycles. The lowest BCUT2D eigenvalue weighted by molar-refractivity contribution is -0.131. The predicted octanol–water partition coefficient (Wildman–Crippen LogP) is 2.99. The smallest absolute Gasteiger partial charge is 0.268 e. The van der Waals surface area contributed by atoms with Gasteiger partial charge in [-0.25, -0.2) is 0 Å². The van der Waals surface area contributed by atoms with E-state index < -0.39 is 29.8 Å². The number of nitrogens with zero attached hydrogens (tertiary/aromatic N) is 1. The molecule has 1 aliphatic heterocycles. The Morgan fingerprint density at radius 3 is 2.45 bits per heavy atom. The summed E-state index contributed by atoms with van der Waals surface area (Å²) in [7, 11) is 1.56. The van der Waals surface area contributed by atoms with Crippen molar-refractivity contribution in [2.45, 2.75) is 59.0 Å². The van der Waals surface area contributed by atoms with Gasteiger partial charge in [0.15, 0.2) is 5.78 Å². The van der Waals surface area contributed by atoms with E-state index in [4.69, 9.17) is 9.47 Å². The van der Waals surface area contributed by atoms with Gasteiger partial charge in [0.1, 0.15) is 29.8 Å². The molecule has 11 heteroatoms. The molecule has 0 bridgehead atoms. The van der Waals surface area contributed by atoms with Gasteiger partial charge in [0, 0.05) is 46.9 Å². The molecule has 1 aliphatic rings. The van der Waals surface area contributed by atoms with Crippen molar-refractivity contribution in [2.75, 3.05) is 20.3 Å². The normalized spacial score (nSPS) is 16.1. The quantitative estimate of drug-likeness (QED) is 0.244. The van der Waals surface area contributed by atoms with Crippen molar-refractivity contribution in [1.82, 2.24) is 25.9 Å². The number of aromatic amines is 1. The third kappa shape index (κ3) is 7.65. The summed E-state index contributed by atoms with van der Waals surface area (Å²) in [6.07, 6.45) is 1.05. The lowest BCUT2D eigenvalue weighted by Crippen LogP contribution is -2.53. The molecular weight excluding hydrogens is 538 g/mol. The number of carbonyl (C=O) groups excluding carboxylic acids is 4. The maximum atomic E-state index is 13.6. The van der Waals surface area contributed by atoms with E-state index in [2.05, 4.69) is 25.9 Å². The van der Waals surface area contributed by atoms with E-state index in [0.717, 1.165) is 22.3 Å². The number of carbonyl (C=O) groups is 4. The summed E-state index contributed by atoms with van der Waals surface area (Å²) in [6, 6.07) is 8.70. The second-order valence-corrected chi connectivity index (χ2v) is 11.2. The number of nitrogens with one attached hydrogen (secondary N) is 4. The monoisotopic (exact) mass is 577 g/mol. The van der Waals surface area contributed by atoms with Crippen LogP contribution in [0.1, 0.15) is 55.0 Å². The Morgan fingerprint density at radius 1 is 1.07 bits per heavy atom. The third-order valence-corrected chi connectivity index (χ3v) is 7.24. The number of pyridine rings is 1. The Balaban J connectivity index is 1.50. The molecule has 0 radical (unpaired) electrons. The minimum absolute atomic E-state index is 0.0696. The van der Waals surface area contributed by atoms with Crippen molar-refractivity contribution >= 4 is 34.4 Å². The van der Waals surface area contributed by atoms with Gasteiger partial charge in [-0.15, -0.1) is 0 Å². The molecule has 1 fully saturated rings. The fourth-order valence-corrected chi connectivity index (χ4v) is 5.20. The lowest BCUT2D eigenvalue weighted by atomic mass is 9.95. The summed E-state index contributed by atoms with van der Waals surface area (Å²) in [4.78, 5) is 59.9. The third-order valence-electron chi connectivity index (χ3n) is 7.24. The van der Waals surface area contributed by atoms with Crippen LogP contribution in [0.2, 0.25) is 0 Å². The van der Waals surface area contributed by atoms with Crippen LogP contribution in [-0.2, 0) is 14.4 Å². The van der Waals surface area contributed by atoms with Crippen LogP contribution in [0.25, 0.3) is 10.9 Å². The van der Waals surface area contributed by atoms with Crippen LogP contribution in [0, 0.1) is 25.7 Å². The first-order valence-corrected chi connectivity index (χ1v) is 14.2. The van der Waals surface area contributed by atoms with Crippen molar-refractivity contribution in [3.8, 4) is 11.5 Å². The zero-order valence-electron chi connectivity index (χ0n) is 24.7. The summed E-state index contributed by atoms with van der Waals surface area (Å²) in [5.41, 5.74) is 2.52. The van der Waals surface area contributed by atoms with Crippen molar-refractivity contribution in [3.63, 3.8) is 0 Å². The van der Waals surface area contributed by atoms with E-state index >= 15 is 0 Å². The highest BCUT2D eigenvalue weighted by molar-refractivity contribution is 6.02. The summed E-state index contributed by atoms with van der Waals surface area (Å²) >= 11 is 0. The summed E-state index contributed by atoms with van der Waals surface area (Å²) in [5.74, 6) is -0.703. The number of ether oxygens (including phenoxy) is 2. The Morgan fingerprint density at radius 2 is 1.81 bits per heavy atom. The summed E-state index contributed by atoms with van der Waals surface area (Å²) in [6.45, 7) is 7.78. The first kappa shape index (κ1) is 30.5. The molecule has 42 heavy (non-hydrogen) atoms. The van der Waals surface area contributed by atoms with Crippen molar-refractivity contribution < 1.29 is 28.7 Å². The molecule has 1 saturated heterocycles. The molecule has 2 unspecified atom stereocenters. The van der Waals surface area contributed by atoms with Crippen LogP contribution in [-0.4, -0.2) is 65.8 Å². The fraction of sp³-hybridized carbons (Fsp3) is 0.452. The van der Waals surface area contributed by atoms with E-state index in [1.165, 1.54) is 0 Å². The second kappa shape index (κ2) is 13.5. The van der Waals surface area contributed by atoms with Gasteiger partial charge >= 0.3 is 0 Å². The van der Waals surface area contributed by atoms with Gasteiger partial charge in [0.05, 0.1) is 13.2 Å². The van der Waals surface area contributed by atoms with Crippen molar-refractivity contribution in [1.29, 1.82) is 0 Å². The van der Waals surface area contributed by atoms with Crippen molar-refractivity contribution in [3.05, 3.63) is 53.5 Å². The number of amides is 3. The lowest BCUT2D eigenvalue weighted by Gasteiger charge is -2.25. The van der Waals surface area contributed by atoms with E-state index in [-0.39, 0.29) is 36.3 Å². The van der Waals surface area contributed by atoms with Gasteiger partial charge in [-0.1, -0.05) is 19.9 Å². The SMILES string of the molecule is COc1cccc2[nH]c(C(=O)NC(CC(C)C)C(=O)NC(C[C@@H]3CCNC3=O)C(=O)COc3cc(C)nc(C)c3)cc12. The molecule has 3 aromatic rings. The molecule has 0 saturated carbocycles. The van der Waals surface area contributed by atoms with Crippen LogP contribution in [0.3, 0.4) is 0 Å². The number of fused-ring (bicyclic) bond motifs is 1. The number of hydrogen-bond donors (Lipinski definition) is 4. The van der Waals surface area contributed by atoms with Gasteiger partial charge in [-0.05, 0) is 57.2 Å². The maximum Gasteiger partial charge on any atom is 0.268 e. The first-order valence-electron chi connectivity index (χ1n) is 14.2. The Bertz CT molecular complexity index is 1450. The number of methoxy groups -OCH3 is 1. The highest BCUT2D eigenvalue weighted by atomic mass is 16.5. The summed E-state index contributed by atoms with van der Waals surface area (Å²) < 4.78 is 11.1. The molecule has 3 heterocycles. The van der Waals surface area contributed by atoms with E-state index in [9.17, 15) is 19.2 Å². The molecule has 3 amide bonds. The number of rotatable bonds is 13. The molecular formula is C31H39N5O6. The van der Waals surface area contributed by atoms with Crippen LogP contribution in [0.5, 0.6) is 11.5 Å². The number of Topliss-reactive ketones (excluding diaryl/α,β-unsaturated/α-hetero) is 1. The van der Waals surface area contributed by atoms with Crippen LogP contribution in [0.4, 0.5) is 0 Å². The van der Waals surface area contributed by atoms with Crippen LogP contribution < -0.4 is 25.4 Å². The number of aromatic nitrogens is 2. The Hall–Kier alpha value is -4.41. The molecule has 4 rings (SSSR count). The molecule has 224 valence electrons. The molecule has 0 spiro atoms. The van der Waals surface area contributed by atoms with Crippen LogP contribution >= 0.6 is 0 Å². The molecule has 11 nitrogen and oxygen atoms in total. The maximum absolute atomic E-state index is 13.6. The van der Waals surface area contributed by atoms with E-state index in [1.807, 2.05) is 39.8 Å². The van der Waals surface area contributed by atoms with Gasteiger partial charge in [0.2, 0.25) is 11.8 Å². The number of H-pyrrole nitrogens is 1.